The zero-order chi connectivity index (χ0) is 12.9. The summed E-state index contributed by atoms with van der Waals surface area (Å²) in [5.41, 5.74) is 1.10. The van der Waals surface area contributed by atoms with Crippen LogP contribution in [0, 0.1) is 5.92 Å². The smallest absolute Gasteiger partial charge is 0.129 e. The molecule has 0 bridgehead atoms. The Morgan fingerprint density at radius 1 is 1.11 bits per heavy atom. The molecule has 0 radical (unpaired) electrons. The fourth-order valence-corrected chi connectivity index (χ4v) is 2.66. The van der Waals surface area contributed by atoms with Crippen molar-refractivity contribution in [2.24, 2.45) is 5.92 Å². The van der Waals surface area contributed by atoms with Gasteiger partial charge in [0.15, 0.2) is 0 Å². The third kappa shape index (κ3) is 3.42. The van der Waals surface area contributed by atoms with Crippen LogP contribution in [0.2, 0.25) is 0 Å². The molecule has 5 nitrogen and oxygen atoms in total. The minimum absolute atomic E-state index is 0.437. The van der Waals surface area contributed by atoms with Gasteiger partial charge in [-0.1, -0.05) is 0 Å². The van der Waals surface area contributed by atoms with Crippen LogP contribution in [-0.2, 0) is 9.47 Å². The predicted octanol–water partition coefficient (Wildman–Crippen LogP) is 1.82. The standard InChI is InChI=1S/C14H21N3O2/c1-4-18-5-2-11(1)8-15-14-7-13(16-10-17-14)12-3-6-19-9-12/h7,10-12H,1-6,8-9H2,(H,15,16,17)/t12-/m0/s1. The molecule has 3 heterocycles. The van der Waals surface area contributed by atoms with Gasteiger partial charge in [-0.05, 0) is 25.2 Å². The molecule has 2 fully saturated rings. The first-order chi connectivity index (χ1) is 9.42. The molecule has 0 unspecified atom stereocenters. The Hall–Kier alpha value is -1.20. The summed E-state index contributed by atoms with van der Waals surface area (Å²) in [6.45, 7) is 4.39. The van der Waals surface area contributed by atoms with Gasteiger partial charge in [0.25, 0.3) is 0 Å². The molecule has 2 aliphatic heterocycles. The number of nitrogens with zero attached hydrogens (tertiary/aromatic N) is 2. The summed E-state index contributed by atoms with van der Waals surface area (Å²) in [7, 11) is 0. The number of anilines is 1. The zero-order valence-corrected chi connectivity index (χ0v) is 11.2. The van der Waals surface area contributed by atoms with E-state index in [2.05, 4.69) is 21.4 Å². The molecule has 2 aliphatic rings. The molecule has 1 N–H and O–H groups in total. The number of rotatable bonds is 4. The van der Waals surface area contributed by atoms with E-state index in [1.165, 1.54) is 0 Å². The van der Waals surface area contributed by atoms with Crippen molar-refractivity contribution in [3.8, 4) is 0 Å². The molecule has 0 amide bonds. The highest BCUT2D eigenvalue weighted by Gasteiger charge is 2.19. The first-order valence-corrected chi connectivity index (χ1v) is 7.13. The van der Waals surface area contributed by atoms with Crippen molar-refractivity contribution in [2.45, 2.75) is 25.2 Å². The Bertz CT molecular complexity index is 401. The maximum absolute atomic E-state index is 5.41. The van der Waals surface area contributed by atoms with Gasteiger partial charge < -0.3 is 14.8 Å². The molecule has 3 rings (SSSR count). The van der Waals surface area contributed by atoms with Gasteiger partial charge in [0, 0.05) is 38.3 Å². The first-order valence-electron chi connectivity index (χ1n) is 7.13. The van der Waals surface area contributed by atoms with Crippen molar-refractivity contribution in [3.05, 3.63) is 18.1 Å². The molecule has 1 atom stereocenters. The number of aromatic nitrogens is 2. The largest absolute Gasteiger partial charge is 0.381 e. The minimum Gasteiger partial charge on any atom is -0.381 e. The van der Waals surface area contributed by atoms with Crippen LogP contribution < -0.4 is 5.32 Å². The Balaban J connectivity index is 1.56. The predicted molar refractivity (Wildman–Crippen MR) is 72.2 cm³/mol. The second kappa shape index (κ2) is 6.30. The van der Waals surface area contributed by atoms with Gasteiger partial charge >= 0.3 is 0 Å². The Labute approximate surface area is 113 Å². The fraction of sp³-hybridized carbons (Fsp3) is 0.714. The van der Waals surface area contributed by atoms with Crippen LogP contribution in [-0.4, -0.2) is 42.9 Å². The molecular weight excluding hydrogens is 242 g/mol. The average molecular weight is 263 g/mol. The molecule has 5 heteroatoms. The summed E-state index contributed by atoms with van der Waals surface area (Å²) in [6.07, 6.45) is 5.00. The van der Waals surface area contributed by atoms with Crippen molar-refractivity contribution in [3.63, 3.8) is 0 Å². The van der Waals surface area contributed by atoms with Crippen LogP contribution in [0.3, 0.4) is 0 Å². The summed E-state index contributed by atoms with van der Waals surface area (Å²) in [6, 6.07) is 2.07. The summed E-state index contributed by atoms with van der Waals surface area (Å²) in [5.74, 6) is 2.07. The highest BCUT2D eigenvalue weighted by Crippen LogP contribution is 2.24. The molecule has 104 valence electrons. The number of nitrogens with one attached hydrogen (secondary N) is 1. The van der Waals surface area contributed by atoms with Crippen molar-refractivity contribution in [1.82, 2.24) is 9.97 Å². The van der Waals surface area contributed by atoms with Gasteiger partial charge in [-0.15, -0.1) is 0 Å². The summed E-state index contributed by atoms with van der Waals surface area (Å²) in [5, 5.41) is 3.43. The van der Waals surface area contributed by atoms with Crippen LogP contribution in [0.4, 0.5) is 5.82 Å². The highest BCUT2D eigenvalue weighted by molar-refractivity contribution is 5.36. The van der Waals surface area contributed by atoms with E-state index in [0.29, 0.717) is 11.8 Å². The van der Waals surface area contributed by atoms with Crippen LogP contribution in [0.1, 0.15) is 30.9 Å². The summed E-state index contributed by atoms with van der Waals surface area (Å²) in [4.78, 5) is 8.67. The zero-order valence-electron chi connectivity index (χ0n) is 11.2. The summed E-state index contributed by atoms with van der Waals surface area (Å²) < 4.78 is 10.8. The molecule has 0 saturated carbocycles. The van der Waals surface area contributed by atoms with E-state index in [1.54, 1.807) is 6.33 Å². The average Bonchev–Trinajstić information content (AvgIpc) is 3.01. The molecule has 1 aromatic heterocycles. The van der Waals surface area contributed by atoms with E-state index in [-0.39, 0.29) is 0 Å². The topological polar surface area (TPSA) is 56.3 Å². The van der Waals surface area contributed by atoms with Crippen molar-refractivity contribution >= 4 is 5.82 Å². The molecule has 0 spiro atoms. The highest BCUT2D eigenvalue weighted by atomic mass is 16.5. The van der Waals surface area contributed by atoms with E-state index in [4.69, 9.17) is 9.47 Å². The van der Waals surface area contributed by atoms with E-state index in [9.17, 15) is 0 Å². The van der Waals surface area contributed by atoms with Crippen molar-refractivity contribution in [2.75, 3.05) is 38.3 Å². The SMILES string of the molecule is c1nc(NCC2CCOCC2)cc([C@H]2CCOC2)n1. The lowest BCUT2D eigenvalue weighted by Crippen LogP contribution is -2.23. The lowest BCUT2D eigenvalue weighted by molar-refractivity contribution is 0.0699. The van der Waals surface area contributed by atoms with E-state index >= 15 is 0 Å². The van der Waals surface area contributed by atoms with Gasteiger partial charge in [-0.25, -0.2) is 9.97 Å². The van der Waals surface area contributed by atoms with Gasteiger partial charge in [0.2, 0.25) is 0 Å². The lowest BCUT2D eigenvalue weighted by Gasteiger charge is -2.22. The Morgan fingerprint density at radius 2 is 1.95 bits per heavy atom. The van der Waals surface area contributed by atoms with Crippen LogP contribution >= 0.6 is 0 Å². The molecular formula is C14H21N3O2. The van der Waals surface area contributed by atoms with E-state index in [1.807, 2.05) is 0 Å². The van der Waals surface area contributed by atoms with Crippen LogP contribution in [0.5, 0.6) is 0 Å². The monoisotopic (exact) mass is 263 g/mol. The Morgan fingerprint density at radius 3 is 2.74 bits per heavy atom. The number of hydrogen-bond acceptors (Lipinski definition) is 5. The van der Waals surface area contributed by atoms with Gasteiger partial charge in [-0.3, -0.25) is 0 Å². The minimum atomic E-state index is 0.437. The van der Waals surface area contributed by atoms with E-state index < -0.39 is 0 Å². The summed E-state index contributed by atoms with van der Waals surface area (Å²) >= 11 is 0. The normalized spacial score (nSPS) is 24.5. The Kier molecular flexibility index (Phi) is 4.25. The van der Waals surface area contributed by atoms with Crippen molar-refractivity contribution in [1.29, 1.82) is 0 Å². The third-order valence-corrected chi connectivity index (χ3v) is 3.95. The van der Waals surface area contributed by atoms with Crippen LogP contribution in [0.25, 0.3) is 0 Å². The van der Waals surface area contributed by atoms with Gasteiger partial charge in [-0.2, -0.15) is 0 Å². The second-order valence-electron chi connectivity index (χ2n) is 5.33. The van der Waals surface area contributed by atoms with Gasteiger partial charge in [0.05, 0.1) is 12.3 Å². The van der Waals surface area contributed by atoms with Crippen LogP contribution in [0.15, 0.2) is 12.4 Å². The molecule has 0 aromatic carbocycles. The quantitative estimate of drug-likeness (QED) is 0.898. The van der Waals surface area contributed by atoms with E-state index in [0.717, 1.165) is 63.7 Å². The fourth-order valence-electron chi connectivity index (χ4n) is 2.66. The second-order valence-corrected chi connectivity index (χ2v) is 5.33. The molecule has 0 aliphatic carbocycles. The maximum atomic E-state index is 5.41. The first kappa shape index (κ1) is 12.8. The number of hydrogen-bond donors (Lipinski definition) is 1. The molecule has 2 saturated heterocycles. The molecule has 1 aromatic rings. The lowest BCUT2D eigenvalue weighted by atomic mass is 10.0. The molecule has 19 heavy (non-hydrogen) atoms. The number of ether oxygens (including phenoxy) is 2. The third-order valence-electron chi connectivity index (χ3n) is 3.95. The van der Waals surface area contributed by atoms with Gasteiger partial charge in [0.1, 0.15) is 12.1 Å². The maximum Gasteiger partial charge on any atom is 0.129 e. The van der Waals surface area contributed by atoms with Crippen molar-refractivity contribution < 1.29 is 9.47 Å².